The molecule has 1 aliphatic rings. The van der Waals surface area contributed by atoms with Gasteiger partial charge in [-0.25, -0.2) is 0 Å². The fraction of sp³-hybridized carbons (Fsp3) is 0.889. The molecular formula is C9H17NO2. The molecule has 0 aromatic heterocycles. The van der Waals surface area contributed by atoms with E-state index in [-0.39, 0.29) is 11.3 Å². The van der Waals surface area contributed by atoms with E-state index in [9.17, 15) is 4.79 Å². The zero-order valence-electron chi connectivity index (χ0n) is 7.85. The van der Waals surface area contributed by atoms with Crippen LogP contribution in [0.3, 0.4) is 0 Å². The molecule has 0 amide bonds. The number of methoxy groups -OCH3 is 1. The fourth-order valence-electron chi connectivity index (χ4n) is 1.56. The van der Waals surface area contributed by atoms with Crippen LogP contribution in [0.15, 0.2) is 0 Å². The Labute approximate surface area is 73.5 Å². The zero-order valence-corrected chi connectivity index (χ0v) is 7.85. The third kappa shape index (κ3) is 2.29. The molecule has 0 radical (unpaired) electrons. The van der Waals surface area contributed by atoms with E-state index in [0.29, 0.717) is 6.54 Å². The van der Waals surface area contributed by atoms with E-state index in [1.54, 1.807) is 14.0 Å². The normalized spacial score (nSPS) is 20.2. The van der Waals surface area contributed by atoms with E-state index >= 15 is 0 Å². The van der Waals surface area contributed by atoms with Gasteiger partial charge in [0.05, 0.1) is 13.2 Å². The van der Waals surface area contributed by atoms with E-state index in [1.165, 1.54) is 6.42 Å². The summed E-state index contributed by atoms with van der Waals surface area (Å²) in [7, 11) is 1.70. The highest BCUT2D eigenvalue weighted by Gasteiger charge is 2.36. The maximum atomic E-state index is 10.7. The lowest BCUT2D eigenvalue weighted by atomic mass is 9.77. The fourth-order valence-corrected chi connectivity index (χ4v) is 1.56. The van der Waals surface area contributed by atoms with Crippen LogP contribution >= 0.6 is 0 Å². The first-order chi connectivity index (χ1) is 5.68. The van der Waals surface area contributed by atoms with Gasteiger partial charge in [0.1, 0.15) is 5.78 Å². The van der Waals surface area contributed by atoms with Gasteiger partial charge in [0.15, 0.2) is 0 Å². The predicted molar refractivity (Wildman–Crippen MR) is 47.1 cm³/mol. The summed E-state index contributed by atoms with van der Waals surface area (Å²) >= 11 is 0. The number of hydrogen-bond acceptors (Lipinski definition) is 3. The third-order valence-electron chi connectivity index (χ3n) is 2.44. The van der Waals surface area contributed by atoms with Crippen molar-refractivity contribution in [3.8, 4) is 0 Å². The lowest BCUT2D eigenvalue weighted by Gasteiger charge is -2.42. The first-order valence-electron chi connectivity index (χ1n) is 4.42. The van der Waals surface area contributed by atoms with Gasteiger partial charge in [-0.05, 0) is 26.2 Å². The summed E-state index contributed by atoms with van der Waals surface area (Å²) in [6.45, 7) is 2.80. The van der Waals surface area contributed by atoms with Gasteiger partial charge in [-0.3, -0.25) is 4.79 Å². The van der Waals surface area contributed by atoms with Gasteiger partial charge in [0.25, 0.3) is 0 Å². The molecule has 0 heterocycles. The molecule has 0 atom stereocenters. The average molecular weight is 171 g/mol. The molecule has 1 aliphatic carbocycles. The zero-order chi connectivity index (χ0) is 9.03. The number of carbonyl (C=O) groups is 1. The molecule has 1 fully saturated rings. The highest BCUT2D eigenvalue weighted by Crippen LogP contribution is 2.31. The quantitative estimate of drug-likeness (QED) is 0.663. The summed E-state index contributed by atoms with van der Waals surface area (Å²) in [5.41, 5.74) is 0.112. The summed E-state index contributed by atoms with van der Waals surface area (Å²) in [6.07, 6.45) is 3.51. The summed E-state index contributed by atoms with van der Waals surface area (Å²) in [5, 5.41) is 3.26. The molecule has 0 aliphatic heterocycles. The first-order valence-corrected chi connectivity index (χ1v) is 4.42. The van der Waals surface area contributed by atoms with Crippen LogP contribution in [0.2, 0.25) is 0 Å². The van der Waals surface area contributed by atoms with Gasteiger partial charge in [-0.2, -0.15) is 0 Å². The third-order valence-corrected chi connectivity index (χ3v) is 2.44. The van der Waals surface area contributed by atoms with Crippen LogP contribution in [0.25, 0.3) is 0 Å². The molecule has 0 aromatic rings. The molecule has 1 saturated carbocycles. The van der Waals surface area contributed by atoms with Crippen LogP contribution in [0.5, 0.6) is 0 Å². The Morgan fingerprint density at radius 2 is 2.25 bits per heavy atom. The van der Waals surface area contributed by atoms with Crippen molar-refractivity contribution in [2.75, 3.05) is 20.3 Å². The smallest absolute Gasteiger partial charge is 0.143 e. The van der Waals surface area contributed by atoms with E-state index in [4.69, 9.17) is 4.74 Å². The first kappa shape index (κ1) is 9.68. The SMILES string of the molecule is COCC1(NCC(C)=O)CCC1. The monoisotopic (exact) mass is 171 g/mol. The molecule has 12 heavy (non-hydrogen) atoms. The van der Waals surface area contributed by atoms with E-state index in [2.05, 4.69) is 5.32 Å². The minimum absolute atomic E-state index is 0.112. The second kappa shape index (κ2) is 4.01. The van der Waals surface area contributed by atoms with Gasteiger partial charge in [-0.15, -0.1) is 0 Å². The number of carbonyl (C=O) groups excluding carboxylic acids is 1. The minimum atomic E-state index is 0.112. The van der Waals surface area contributed by atoms with Crippen molar-refractivity contribution in [2.45, 2.75) is 31.7 Å². The second-order valence-corrected chi connectivity index (χ2v) is 3.62. The summed E-state index contributed by atoms with van der Waals surface area (Å²) < 4.78 is 5.11. The van der Waals surface area contributed by atoms with Crippen LogP contribution in [-0.4, -0.2) is 31.6 Å². The lowest BCUT2D eigenvalue weighted by molar-refractivity contribution is -0.117. The van der Waals surface area contributed by atoms with Crippen LogP contribution in [-0.2, 0) is 9.53 Å². The standard InChI is InChI=1S/C9H17NO2/c1-8(11)6-10-9(7-12-2)4-3-5-9/h10H,3-7H2,1-2H3. The van der Waals surface area contributed by atoms with Crippen LogP contribution in [0.4, 0.5) is 0 Å². The molecule has 3 heteroatoms. The highest BCUT2D eigenvalue weighted by molar-refractivity contribution is 5.77. The van der Waals surface area contributed by atoms with Crippen molar-refractivity contribution in [3.05, 3.63) is 0 Å². The van der Waals surface area contributed by atoms with Crippen molar-refractivity contribution < 1.29 is 9.53 Å². The van der Waals surface area contributed by atoms with Crippen LogP contribution in [0, 0.1) is 0 Å². The Kier molecular flexibility index (Phi) is 3.23. The van der Waals surface area contributed by atoms with Crippen LogP contribution in [0.1, 0.15) is 26.2 Å². The Bertz CT molecular complexity index is 164. The van der Waals surface area contributed by atoms with Gasteiger partial charge in [0.2, 0.25) is 0 Å². The van der Waals surface area contributed by atoms with Crippen molar-refractivity contribution in [1.29, 1.82) is 0 Å². The summed E-state index contributed by atoms with van der Waals surface area (Å²) in [4.78, 5) is 10.7. The number of hydrogen-bond donors (Lipinski definition) is 1. The van der Waals surface area contributed by atoms with Gasteiger partial charge < -0.3 is 10.1 Å². The molecular weight excluding hydrogens is 154 g/mol. The van der Waals surface area contributed by atoms with Crippen molar-refractivity contribution in [1.82, 2.24) is 5.32 Å². The Balaban J connectivity index is 2.29. The molecule has 1 N–H and O–H groups in total. The number of ether oxygens (including phenoxy) is 1. The number of Topliss-reactive ketones (excluding diaryl/α,β-unsaturated/α-hetero) is 1. The average Bonchev–Trinajstić information content (AvgIpc) is 1.94. The predicted octanol–water partition coefficient (Wildman–Crippen LogP) is 0.734. The maximum Gasteiger partial charge on any atom is 0.143 e. The molecule has 3 nitrogen and oxygen atoms in total. The molecule has 0 saturated heterocycles. The molecule has 70 valence electrons. The van der Waals surface area contributed by atoms with E-state index in [1.807, 2.05) is 0 Å². The lowest BCUT2D eigenvalue weighted by Crippen LogP contribution is -2.55. The van der Waals surface area contributed by atoms with Crippen molar-refractivity contribution in [3.63, 3.8) is 0 Å². The Morgan fingerprint density at radius 3 is 2.58 bits per heavy atom. The van der Waals surface area contributed by atoms with Gasteiger partial charge >= 0.3 is 0 Å². The van der Waals surface area contributed by atoms with E-state index < -0.39 is 0 Å². The summed E-state index contributed by atoms with van der Waals surface area (Å²) in [6, 6.07) is 0. The Morgan fingerprint density at radius 1 is 1.58 bits per heavy atom. The Hall–Kier alpha value is -0.410. The molecule has 0 spiro atoms. The largest absolute Gasteiger partial charge is 0.383 e. The van der Waals surface area contributed by atoms with Gasteiger partial charge in [0, 0.05) is 12.6 Å². The second-order valence-electron chi connectivity index (χ2n) is 3.62. The number of ketones is 1. The van der Waals surface area contributed by atoms with Gasteiger partial charge in [-0.1, -0.05) is 0 Å². The molecule has 1 rings (SSSR count). The maximum absolute atomic E-state index is 10.7. The minimum Gasteiger partial charge on any atom is -0.383 e. The van der Waals surface area contributed by atoms with E-state index in [0.717, 1.165) is 19.4 Å². The summed E-state index contributed by atoms with van der Waals surface area (Å²) in [5.74, 6) is 0.192. The van der Waals surface area contributed by atoms with Crippen molar-refractivity contribution in [2.24, 2.45) is 0 Å². The highest BCUT2D eigenvalue weighted by atomic mass is 16.5. The van der Waals surface area contributed by atoms with Crippen LogP contribution < -0.4 is 5.32 Å². The molecule has 0 unspecified atom stereocenters. The van der Waals surface area contributed by atoms with Crippen molar-refractivity contribution >= 4 is 5.78 Å². The molecule has 0 aromatic carbocycles. The molecule has 0 bridgehead atoms. The number of rotatable bonds is 5. The number of nitrogens with one attached hydrogen (secondary N) is 1. The topological polar surface area (TPSA) is 38.3 Å².